The minimum atomic E-state index is -0.269. The molecule has 2 aliphatic rings. The second-order valence-electron chi connectivity index (χ2n) is 13.7. The third-order valence-corrected chi connectivity index (χ3v) is 9.73. The summed E-state index contributed by atoms with van der Waals surface area (Å²) >= 11 is 0. The maximum Gasteiger partial charge on any atom is 0.0713 e. The zero-order valence-electron chi connectivity index (χ0n) is 34.2. The lowest BCUT2D eigenvalue weighted by Crippen LogP contribution is -2.28. The number of hydrogen-bond acceptors (Lipinski definition) is 0. The Labute approximate surface area is 333 Å². The summed E-state index contributed by atoms with van der Waals surface area (Å²) in [6.45, 7) is 14.4. The van der Waals surface area contributed by atoms with Gasteiger partial charge in [-0.1, -0.05) is 236 Å². The van der Waals surface area contributed by atoms with E-state index in [1.54, 1.807) is 5.57 Å². The SMILES string of the molecule is C/C=C\C=C/C.C1=CCCC(Cc2ccccc2)=C1.CC.Cc1ccc(C2(c3ccc(C)cc3)c3ccccc3-c3ccccc32)cc1.Cc1ccccc1. The van der Waals surface area contributed by atoms with Gasteiger partial charge in [0.05, 0.1) is 5.41 Å². The summed E-state index contributed by atoms with van der Waals surface area (Å²) in [6.07, 6.45) is 18.2. The van der Waals surface area contributed by atoms with E-state index in [0.29, 0.717) is 0 Å². The Morgan fingerprint density at radius 2 is 0.909 bits per heavy atom. The van der Waals surface area contributed by atoms with E-state index in [4.69, 9.17) is 0 Å². The van der Waals surface area contributed by atoms with Crippen LogP contribution in [-0.2, 0) is 11.8 Å². The van der Waals surface area contributed by atoms with Crippen molar-refractivity contribution in [2.24, 2.45) is 0 Å². The van der Waals surface area contributed by atoms with Gasteiger partial charge in [-0.25, -0.2) is 0 Å². The molecule has 0 aliphatic heterocycles. The fraction of sp³-hybridized carbons (Fsp3) is 0.200. The van der Waals surface area contributed by atoms with Gasteiger partial charge in [0.25, 0.3) is 0 Å². The molecule has 55 heavy (non-hydrogen) atoms. The normalized spacial score (nSPS) is 13.0. The summed E-state index contributed by atoms with van der Waals surface area (Å²) in [4.78, 5) is 0. The molecule has 0 N–H and O–H groups in total. The van der Waals surface area contributed by atoms with E-state index in [1.165, 1.54) is 68.5 Å². The van der Waals surface area contributed by atoms with Gasteiger partial charge >= 0.3 is 0 Å². The quantitative estimate of drug-likeness (QED) is 0.155. The number of rotatable bonds is 5. The summed E-state index contributed by atoms with van der Waals surface area (Å²) in [6, 6.07) is 56.8. The van der Waals surface area contributed by atoms with Crippen LogP contribution >= 0.6 is 0 Å². The number of allylic oxidation sites excluding steroid dienone is 8. The van der Waals surface area contributed by atoms with Crippen LogP contribution in [0, 0.1) is 20.8 Å². The van der Waals surface area contributed by atoms with Gasteiger partial charge in [-0.05, 0) is 92.8 Å². The van der Waals surface area contributed by atoms with Crippen LogP contribution in [0.3, 0.4) is 0 Å². The third kappa shape index (κ3) is 11.4. The first-order valence-corrected chi connectivity index (χ1v) is 19.9. The molecule has 0 aromatic heterocycles. The maximum atomic E-state index is 2.30. The predicted octanol–water partition coefficient (Wildman–Crippen LogP) is 15.3. The van der Waals surface area contributed by atoms with E-state index in [0.717, 1.165) is 6.42 Å². The Hall–Kier alpha value is -5.72. The molecule has 0 unspecified atom stereocenters. The minimum absolute atomic E-state index is 0.269. The number of aryl methyl sites for hydroxylation is 3. The van der Waals surface area contributed by atoms with Gasteiger partial charge in [-0.3, -0.25) is 0 Å². The Balaban J connectivity index is 0.000000198. The molecule has 0 heterocycles. The van der Waals surface area contributed by atoms with Gasteiger partial charge in [-0.2, -0.15) is 0 Å². The lowest BCUT2D eigenvalue weighted by Gasteiger charge is -2.34. The van der Waals surface area contributed by atoms with Gasteiger partial charge < -0.3 is 0 Å². The molecule has 280 valence electrons. The van der Waals surface area contributed by atoms with Gasteiger partial charge in [0.15, 0.2) is 0 Å². The molecule has 6 aromatic rings. The number of benzene rings is 6. The van der Waals surface area contributed by atoms with Crippen molar-refractivity contribution < 1.29 is 0 Å². The molecule has 0 saturated carbocycles. The second-order valence-corrected chi connectivity index (χ2v) is 13.7. The standard InChI is InChI=1S/C27H22.C13H14.C7H8.C6H10.C2H6/c1-19-11-15-21(16-12-19)27(22-17-13-20(2)14-18-22)25-9-5-3-7-23(25)24-8-4-6-10-26(24)27;1-3-7-12(8-4-1)11-13-9-5-2-6-10-13;1-7-5-3-2-4-6-7;1-3-5-6-4-2;1-2/h3-18H,1-2H3;1-5,7-9H,6,10-11H2;2-6H,1H3;3-6H,1-2H3;1-2H3/b;;;5-3-,6-4-;. The minimum Gasteiger partial charge on any atom is -0.0877 e. The Kier molecular flexibility index (Phi) is 17.2. The van der Waals surface area contributed by atoms with Crippen molar-refractivity contribution in [1.29, 1.82) is 0 Å². The van der Waals surface area contributed by atoms with Crippen LogP contribution in [0.4, 0.5) is 0 Å². The summed E-state index contributed by atoms with van der Waals surface area (Å²) in [7, 11) is 0. The average molecular weight is 721 g/mol. The Bertz CT molecular complexity index is 2000. The molecule has 0 amide bonds. The third-order valence-electron chi connectivity index (χ3n) is 9.73. The van der Waals surface area contributed by atoms with Gasteiger partial charge in [-0.15, -0.1) is 0 Å². The fourth-order valence-electron chi connectivity index (χ4n) is 7.05. The van der Waals surface area contributed by atoms with Crippen molar-refractivity contribution >= 4 is 0 Å². The highest BCUT2D eigenvalue weighted by molar-refractivity contribution is 5.86. The summed E-state index contributed by atoms with van der Waals surface area (Å²) in [5.74, 6) is 0. The second kappa shape index (κ2) is 22.5. The zero-order chi connectivity index (χ0) is 39.3. The lowest BCUT2D eigenvalue weighted by atomic mass is 9.67. The molecule has 2 aliphatic carbocycles. The van der Waals surface area contributed by atoms with Crippen LogP contribution in [0.2, 0.25) is 0 Å². The molecule has 0 spiro atoms. The topological polar surface area (TPSA) is 0 Å². The highest BCUT2D eigenvalue weighted by atomic mass is 14.5. The van der Waals surface area contributed by atoms with Crippen LogP contribution in [0.1, 0.15) is 85.0 Å². The van der Waals surface area contributed by atoms with Crippen molar-refractivity contribution in [3.05, 3.63) is 250 Å². The van der Waals surface area contributed by atoms with Crippen molar-refractivity contribution in [3.63, 3.8) is 0 Å². The van der Waals surface area contributed by atoms with Crippen molar-refractivity contribution in [1.82, 2.24) is 0 Å². The van der Waals surface area contributed by atoms with Gasteiger partial charge in [0.1, 0.15) is 0 Å². The zero-order valence-corrected chi connectivity index (χ0v) is 34.2. The predicted molar refractivity (Wildman–Crippen MR) is 242 cm³/mol. The molecule has 0 fully saturated rings. The van der Waals surface area contributed by atoms with E-state index in [9.17, 15) is 0 Å². The van der Waals surface area contributed by atoms with Crippen molar-refractivity contribution in [3.8, 4) is 11.1 Å². The van der Waals surface area contributed by atoms with E-state index in [1.807, 2.05) is 70.2 Å². The molecule has 0 atom stereocenters. The van der Waals surface area contributed by atoms with E-state index >= 15 is 0 Å². The maximum absolute atomic E-state index is 2.30. The molecule has 0 radical (unpaired) electrons. The number of hydrogen-bond donors (Lipinski definition) is 0. The first-order chi connectivity index (χ1) is 27.0. The first-order valence-electron chi connectivity index (χ1n) is 19.9. The van der Waals surface area contributed by atoms with Crippen LogP contribution in [0.15, 0.2) is 206 Å². The van der Waals surface area contributed by atoms with Crippen LogP contribution in [-0.4, -0.2) is 0 Å². The molecular weight excluding hydrogens is 661 g/mol. The summed E-state index contributed by atoms with van der Waals surface area (Å²) in [5, 5.41) is 0. The largest absolute Gasteiger partial charge is 0.0877 e. The Morgan fingerprint density at radius 3 is 1.31 bits per heavy atom. The fourth-order valence-corrected chi connectivity index (χ4v) is 7.05. The first kappa shape index (κ1) is 42.0. The van der Waals surface area contributed by atoms with Crippen molar-refractivity contribution in [2.75, 3.05) is 0 Å². The smallest absolute Gasteiger partial charge is 0.0713 e. The average Bonchev–Trinajstić information content (AvgIpc) is 3.54. The Morgan fingerprint density at radius 1 is 0.491 bits per heavy atom. The highest BCUT2D eigenvalue weighted by Crippen LogP contribution is 2.55. The van der Waals surface area contributed by atoms with Gasteiger partial charge in [0, 0.05) is 0 Å². The van der Waals surface area contributed by atoms with E-state index in [2.05, 4.69) is 179 Å². The van der Waals surface area contributed by atoms with Crippen molar-refractivity contribution in [2.45, 2.75) is 73.1 Å². The molecule has 0 saturated heterocycles. The molecular formula is C55H60. The molecule has 6 aromatic carbocycles. The summed E-state index contributed by atoms with van der Waals surface area (Å²) < 4.78 is 0. The van der Waals surface area contributed by atoms with Gasteiger partial charge in [0.2, 0.25) is 0 Å². The van der Waals surface area contributed by atoms with E-state index < -0.39 is 0 Å². The molecule has 0 nitrogen and oxygen atoms in total. The van der Waals surface area contributed by atoms with E-state index in [-0.39, 0.29) is 5.41 Å². The van der Waals surface area contributed by atoms with Crippen LogP contribution in [0.25, 0.3) is 11.1 Å². The summed E-state index contributed by atoms with van der Waals surface area (Å²) in [5.41, 5.74) is 14.7. The lowest BCUT2D eigenvalue weighted by molar-refractivity contribution is 0.767. The monoisotopic (exact) mass is 720 g/mol. The molecule has 8 rings (SSSR count). The molecule has 0 heteroatoms. The highest BCUT2D eigenvalue weighted by Gasteiger charge is 2.45. The van der Waals surface area contributed by atoms with Crippen LogP contribution in [0.5, 0.6) is 0 Å². The molecule has 0 bridgehead atoms. The van der Waals surface area contributed by atoms with Crippen LogP contribution < -0.4 is 0 Å². The number of fused-ring (bicyclic) bond motifs is 3.